The van der Waals surface area contributed by atoms with Gasteiger partial charge in [-0.2, -0.15) is 0 Å². The molecular weight excluding hydrogens is 258 g/mol. The molecule has 0 saturated carbocycles. The van der Waals surface area contributed by atoms with Crippen molar-refractivity contribution in [2.75, 3.05) is 14.2 Å². The standard InChI is InChI=1S/C15H25NO2S/c1-5-6-9-14(15(17)18-4)16(3)12(2)11-13-8-7-10-19-13/h7-8,10,12,14H,5-6,9,11H2,1-4H3. The van der Waals surface area contributed by atoms with Gasteiger partial charge in [-0.1, -0.05) is 25.8 Å². The first-order chi connectivity index (χ1) is 9.10. The van der Waals surface area contributed by atoms with Crippen molar-refractivity contribution in [1.82, 2.24) is 4.90 Å². The van der Waals surface area contributed by atoms with Gasteiger partial charge in [0.1, 0.15) is 6.04 Å². The fourth-order valence-electron chi connectivity index (χ4n) is 2.19. The van der Waals surface area contributed by atoms with Crippen LogP contribution >= 0.6 is 11.3 Å². The van der Waals surface area contributed by atoms with Crippen LogP contribution < -0.4 is 0 Å². The van der Waals surface area contributed by atoms with E-state index in [4.69, 9.17) is 4.74 Å². The lowest BCUT2D eigenvalue weighted by Crippen LogP contribution is -2.45. The SMILES string of the molecule is CCCCC(C(=O)OC)N(C)C(C)Cc1cccs1. The van der Waals surface area contributed by atoms with Crippen LogP contribution in [0.25, 0.3) is 0 Å². The zero-order chi connectivity index (χ0) is 14.3. The largest absolute Gasteiger partial charge is 0.468 e. The molecule has 0 amide bonds. The molecule has 0 fully saturated rings. The minimum atomic E-state index is -0.125. The molecule has 108 valence electrons. The summed E-state index contributed by atoms with van der Waals surface area (Å²) in [5, 5.41) is 2.09. The molecule has 1 aromatic rings. The number of rotatable bonds is 8. The Morgan fingerprint density at radius 3 is 2.79 bits per heavy atom. The highest BCUT2D eigenvalue weighted by molar-refractivity contribution is 7.09. The quantitative estimate of drug-likeness (QED) is 0.685. The number of methoxy groups -OCH3 is 1. The number of thiophene rings is 1. The number of ether oxygens (including phenoxy) is 1. The number of unbranched alkanes of at least 4 members (excludes halogenated alkanes) is 1. The van der Waals surface area contributed by atoms with Gasteiger partial charge in [-0.05, 0) is 38.3 Å². The minimum Gasteiger partial charge on any atom is -0.468 e. The molecule has 0 aliphatic rings. The van der Waals surface area contributed by atoms with E-state index in [1.54, 1.807) is 11.3 Å². The highest BCUT2D eigenvalue weighted by Crippen LogP contribution is 2.17. The molecule has 0 saturated heterocycles. The number of hydrogen-bond donors (Lipinski definition) is 0. The third kappa shape index (κ3) is 4.96. The highest BCUT2D eigenvalue weighted by atomic mass is 32.1. The predicted octanol–water partition coefficient (Wildman–Crippen LogP) is 3.34. The van der Waals surface area contributed by atoms with E-state index in [0.717, 1.165) is 25.7 Å². The summed E-state index contributed by atoms with van der Waals surface area (Å²) >= 11 is 1.77. The molecule has 4 heteroatoms. The van der Waals surface area contributed by atoms with Crippen LogP contribution in [0.5, 0.6) is 0 Å². The van der Waals surface area contributed by atoms with E-state index < -0.39 is 0 Å². The Balaban J connectivity index is 2.63. The first-order valence-corrected chi connectivity index (χ1v) is 7.80. The van der Waals surface area contributed by atoms with Crippen molar-refractivity contribution in [2.45, 2.75) is 51.6 Å². The molecule has 2 unspecified atom stereocenters. The van der Waals surface area contributed by atoms with Crippen LogP contribution in [0.4, 0.5) is 0 Å². The molecule has 0 spiro atoms. The first kappa shape index (κ1) is 16.2. The van der Waals surface area contributed by atoms with Gasteiger partial charge in [-0.15, -0.1) is 11.3 Å². The van der Waals surface area contributed by atoms with Crippen molar-refractivity contribution in [3.8, 4) is 0 Å². The molecule has 3 nitrogen and oxygen atoms in total. The Kier molecular flexibility index (Phi) is 7.10. The molecule has 2 atom stereocenters. The van der Waals surface area contributed by atoms with Crippen molar-refractivity contribution in [3.63, 3.8) is 0 Å². The predicted molar refractivity (Wildman–Crippen MR) is 80.6 cm³/mol. The van der Waals surface area contributed by atoms with Gasteiger partial charge >= 0.3 is 5.97 Å². The molecule has 19 heavy (non-hydrogen) atoms. The van der Waals surface area contributed by atoms with Gasteiger partial charge in [-0.3, -0.25) is 9.69 Å². The highest BCUT2D eigenvalue weighted by Gasteiger charge is 2.26. The van der Waals surface area contributed by atoms with Crippen LogP contribution in [0.3, 0.4) is 0 Å². The summed E-state index contributed by atoms with van der Waals surface area (Å²) < 4.78 is 4.94. The second-order valence-electron chi connectivity index (χ2n) is 4.98. The lowest BCUT2D eigenvalue weighted by molar-refractivity contribution is -0.147. The molecular formula is C15H25NO2S. The average molecular weight is 283 g/mol. The van der Waals surface area contributed by atoms with Gasteiger partial charge in [0.15, 0.2) is 0 Å². The van der Waals surface area contributed by atoms with E-state index >= 15 is 0 Å². The lowest BCUT2D eigenvalue weighted by atomic mass is 10.1. The third-order valence-electron chi connectivity index (χ3n) is 3.57. The molecule has 0 radical (unpaired) electrons. The monoisotopic (exact) mass is 283 g/mol. The summed E-state index contributed by atoms with van der Waals surface area (Å²) in [7, 11) is 3.49. The molecule has 0 N–H and O–H groups in total. The molecule has 0 bridgehead atoms. The van der Waals surface area contributed by atoms with E-state index in [9.17, 15) is 4.79 Å². The van der Waals surface area contributed by atoms with Gasteiger partial charge in [0.2, 0.25) is 0 Å². The lowest BCUT2D eigenvalue weighted by Gasteiger charge is -2.31. The maximum atomic E-state index is 11.9. The topological polar surface area (TPSA) is 29.5 Å². The number of likely N-dealkylation sites (N-methyl/N-ethyl adjacent to an activating group) is 1. The Morgan fingerprint density at radius 1 is 1.53 bits per heavy atom. The molecule has 0 aliphatic heterocycles. The number of nitrogens with zero attached hydrogens (tertiary/aromatic N) is 1. The van der Waals surface area contributed by atoms with Crippen molar-refractivity contribution in [3.05, 3.63) is 22.4 Å². The van der Waals surface area contributed by atoms with E-state index in [1.165, 1.54) is 12.0 Å². The second kappa shape index (κ2) is 8.33. The normalized spacial score (nSPS) is 14.4. The summed E-state index contributed by atoms with van der Waals surface area (Å²) in [6.45, 7) is 4.31. The van der Waals surface area contributed by atoms with Crippen LogP contribution in [0, 0.1) is 0 Å². The number of carbonyl (C=O) groups is 1. The van der Waals surface area contributed by atoms with E-state index in [0.29, 0.717) is 6.04 Å². The maximum Gasteiger partial charge on any atom is 0.323 e. The Bertz CT molecular complexity index is 364. The van der Waals surface area contributed by atoms with Gasteiger partial charge in [0.05, 0.1) is 7.11 Å². The summed E-state index contributed by atoms with van der Waals surface area (Å²) in [5.41, 5.74) is 0. The number of hydrogen-bond acceptors (Lipinski definition) is 4. The fraction of sp³-hybridized carbons (Fsp3) is 0.667. The van der Waals surface area contributed by atoms with Gasteiger partial charge < -0.3 is 4.74 Å². The van der Waals surface area contributed by atoms with Crippen LogP contribution in [-0.4, -0.2) is 37.1 Å². The average Bonchev–Trinajstić information content (AvgIpc) is 2.91. The Morgan fingerprint density at radius 2 is 2.26 bits per heavy atom. The Labute approximate surface area is 120 Å². The molecule has 1 heterocycles. The van der Waals surface area contributed by atoms with Crippen molar-refractivity contribution in [1.29, 1.82) is 0 Å². The fourth-order valence-corrected chi connectivity index (χ4v) is 3.02. The van der Waals surface area contributed by atoms with Crippen molar-refractivity contribution in [2.24, 2.45) is 0 Å². The summed E-state index contributed by atoms with van der Waals surface area (Å²) in [6.07, 6.45) is 4.00. The zero-order valence-corrected chi connectivity index (χ0v) is 13.2. The van der Waals surface area contributed by atoms with E-state index in [1.807, 2.05) is 7.05 Å². The summed E-state index contributed by atoms with van der Waals surface area (Å²) in [4.78, 5) is 15.4. The summed E-state index contributed by atoms with van der Waals surface area (Å²) in [5.74, 6) is -0.117. The van der Waals surface area contributed by atoms with Gasteiger partial charge in [0, 0.05) is 10.9 Å². The number of esters is 1. The van der Waals surface area contributed by atoms with Crippen LogP contribution in [-0.2, 0) is 16.0 Å². The van der Waals surface area contributed by atoms with Crippen molar-refractivity contribution >= 4 is 17.3 Å². The van der Waals surface area contributed by atoms with Crippen LogP contribution in [0.1, 0.15) is 38.0 Å². The maximum absolute atomic E-state index is 11.9. The zero-order valence-electron chi connectivity index (χ0n) is 12.4. The number of carbonyl (C=O) groups excluding carboxylic acids is 1. The first-order valence-electron chi connectivity index (χ1n) is 6.92. The summed E-state index contributed by atoms with van der Waals surface area (Å²) in [6, 6.07) is 4.43. The van der Waals surface area contributed by atoms with Gasteiger partial charge in [0.25, 0.3) is 0 Å². The third-order valence-corrected chi connectivity index (χ3v) is 4.47. The second-order valence-corrected chi connectivity index (χ2v) is 6.01. The van der Waals surface area contributed by atoms with Crippen LogP contribution in [0.15, 0.2) is 17.5 Å². The Hall–Kier alpha value is -0.870. The van der Waals surface area contributed by atoms with E-state index in [-0.39, 0.29) is 12.0 Å². The van der Waals surface area contributed by atoms with E-state index in [2.05, 4.69) is 36.3 Å². The molecule has 0 aromatic carbocycles. The smallest absolute Gasteiger partial charge is 0.323 e. The molecule has 1 aromatic heterocycles. The molecule has 1 rings (SSSR count). The van der Waals surface area contributed by atoms with Crippen LogP contribution in [0.2, 0.25) is 0 Å². The minimum absolute atomic E-state index is 0.117. The van der Waals surface area contributed by atoms with Gasteiger partial charge in [-0.25, -0.2) is 0 Å². The molecule has 0 aliphatic carbocycles. The van der Waals surface area contributed by atoms with Crippen molar-refractivity contribution < 1.29 is 9.53 Å².